The topological polar surface area (TPSA) is 57.1 Å². The number of carbonyl (C=O) groups is 1. The SMILES string of the molecule is C=N/C=C\c1c(C)c(OC)c2cc(C(=O)OC)sc2c1OC. The second-order valence-electron chi connectivity index (χ2n) is 4.45. The Kier molecular flexibility index (Phi) is 4.82. The maximum atomic E-state index is 11.8. The van der Waals surface area contributed by atoms with Gasteiger partial charge >= 0.3 is 5.97 Å². The third-order valence-electron chi connectivity index (χ3n) is 3.31. The quantitative estimate of drug-likeness (QED) is 0.623. The molecule has 0 saturated heterocycles. The van der Waals surface area contributed by atoms with Crippen molar-refractivity contribution in [3.05, 3.63) is 28.3 Å². The number of esters is 1. The minimum atomic E-state index is -0.382. The molecule has 2 rings (SSSR count). The second-order valence-corrected chi connectivity index (χ2v) is 5.50. The fourth-order valence-corrected chi connectivity index (χ4v) is 3.45. The van der Waals surface area contributed by atoms with Gasteiger partial charge in [-0.25, -0.2) is 4.79 Å². The third kappa shape index (κ3) is 2.57. The van der Waals surface area contributed by atoms with E-state index >= 15 is 0 Å². The zero-order valence-corrected chi connectivity index (χ0v) is 13.7. The maximum absolute atomic E-state index is 11.8. The number of thiophene rings is 1. The lowest BCUT2D eigenvalue weighted by Crippen LogP contribution is -1.96. The van der Waals surface area contributed by atoms with Crippen LogP contribution in [0.15, 0.2) is 17.3 Å². The first-order chi connectivity index (χ1) is 10.6. The largest absolute Gasteiger partial charge is 0.496 e. The van der Waals surface area contributed by atoms with Crippen molar-refractivity contribution < 1.29 is 19.0 Å². The lowest BCUT2D eigenvalue weighted by Gasteiger charge is -2.14. The molecule has 116 valence electrons. The average Bonchev–Trinajstić information content (AvgIpc) is 2.96. The Morgan fingerprint density at radius 1 is 1.27 bits per heavy atom. The molecule has 0 aliphatic carbocycles. The highest BCUT2D eigenvalue weighted by molar-refractivity contribution is 7.21. The predicted octanol–water partition coefficient (Wildman–Crippen LogP) is 3.68. The van der Waals surface area contributed by atoms with Crippen LogP contribution in [0.5, 0.6) is 11.5 Å². The normalized spacial score (nSPS) is 10.9. The Hall–Kier alpha value is -2.34. The summed E-state index contributed by atoms with van der Waals surface area (Å²) in [5.74, 6) is 0.993. The van der Waals surface area contributed by atoms with Crippen molar-refractivity contribution in [2.24, 2.45) is 4.99 Å². The van der Waals surface area contributed by atoms with Gasteiger partial charge in [-0.05, 0) is 25.8 Å². The van der Waals surface area contributed by atoms with Crippen molar-refractivity contribution in [3.63, 3.8) is 0 Å². The van der Waals surface area contributed by atoms with Gasteiger partial charge in [-0.2, -0.15) is 0 Å². The highest BCUT2D eigenvalue weighted by atomic mass is 32.1. The van der Waals surface area contributed by atoms with E-state index in [1.165, 1.54) is 18.4 Å². The van der Waals surface area contributed by atoms with Gasteiger partial charge in [0.2, 0.25) is 0 Å². The van der Waals surface area contributed by atoms with Crippen LogP contribution in [0, 0.1) is 6.92 Å². The number of hydrogen-bond donors (Lipinski definition) is 0. The van der Waals surface area contributed by atoms with Crippen LogP contribution in [0.1, 0.15) is 20.8 Å². The fraction of sp³-hybridized carbons (Fsp3) is 0.250. The summed E-state index contributed by atoms with van der Waals surface area (Å²) in [7, 11) is 4.55. The van der Waals surface area contributed by atoms with Crippen LogP contribution < -0.4 is 9.47 Å². The van der Waals surface area contributed by atoms with Gasteiger partial charge in [-0.3, -0.25) is 4.99 Å². The van der Waals surface area contributed by atoms with E-state index in [9.17, 15) is 4.79 Å². The summed E-state index contributed by atoms with van der Waals surface area (Å²) in [5.41, 5.74) is 1.75. The molecule has 0 aliphatic rings. The molecule has 0 spiro atoms. The molecule has 0 N–H and O–H groups in total. The van der Waals surface area contributed by atoms with Crippen molar-refractivity contribution in [1.29, 1.82) is 0 Å². The van der Waals surface area contributed by atoms with Crippen LogP contribution in [0.2, 0.25) is 0 Å². The molecule has 2 aromatic rings. The minimum absolute atomic E-state index is 0.382. The number of methoxy groups -OCH3 is 3. The van der Waals surface area contributed by atoms with E-state index in [-0.39, 0.29) is 5.97 Å². The number of fused-ring (bicyclic) bond motifs is 1. The van der Waals surface area contributed by atoms with Crippen LogP contribution >= 0.6 is 11.3 Å². The lowest BCUT2D eigenvalue weighted by molar-refractivity contribution is 0.0606. The van der Waals surface area contributed by atoms with Crippen molar-refractivity contribution in [2.45, 2.75) is 6.92 Å². The Morgan fingerprint density at radius 2 is 1.95 bits per heavy atom. The van der Waals surface area contributed by atoms with Gasteiger partial charge in [-0.1, -0.05) is 0 Å². The van der Waals surface area contributed by atoms with Gasteiger partial charge in [0.25, 0.3) is 0 Å². The summed E-state index contributed by atoms with van der Waals surface area (Å²) in [6.07, 6.45) is 3.39. The van der Waals surface area contributed by atoms with E-state index < -0.39 is 0 Å². The predicted molar refractivity (Wildman–Crippen MR) is 89.6 cm³/mol. The highest BCUT2D eigenvalue weighted by Crippen LogP contribution is 2.45. The molecule has 22 heavy (non-hydrogen) atoms. The Morgan fingerprint density at radius 3 is 2.50 bits per heavy atom. The molecule has 1 aromatic heterocycles. The van der Waals surface area contributed by atoms with Gasteiger partial charge in [0.05, 0.1) is 26.0 Å². The molecule has 0 amide bonds. The molecular weight excluding hydrogens is 302 g/mol. The molecule has 1 heterocycles. The molecule has 0 saturated carbocycles. The van der Waals surface area contributed by atoms with E-state index in [1.807, 2.05) is 6.92 Å². The van der Waals surface area contributed by atoms with Gasteiger partial charge in [0, 0.05) is 22.7 Å². The second kappa shape index (κ2) is 6.62. The van der Waals surface area contributed by atoms with Crippen molar-refractivity contribution in [2.75, 3.05) is 21.3 Å². The molecule has 5 nitrogen and oxygen atoms in total. The Balaban J connectivity index is 2.86. The zero-order valence-electron chi connectivity index (χ0n) is 12.9. The van der Waals surface area contributed by atoms with E-state index in [4.69, 9.17) is 14.2 Å². The molecular formula is C16H17NO4S. The Bertz CT molecular complexity index is 761. The minimum Gasteiger partial charge on any atom is -0.496 e. The number of hydrogen-bond acceptors (Lipinski definition) is 6. The van der Waals surface area contributed by atoms with E-state index in [0.717, 1.165) is 21.2 Å². The standard InChI is InChI=1S/C16H17NO4S/c1-9-10(6-7-17-2)14(20-4)15-11(13(9)19-3)8-12(22-15)16(18)21-5/h6-8H,2H2,1,3-5H3/b7-6-. The zero-order chi connectivity index (χ0) is 16.3. The third-order valence-corrected chi connectivity index (χ3v) is 4.43. The monoisotopic (exact) mass is 319 g/mol. The van der Waals surface area contributed by atoms with Gasteiger partial charge in [-0.15, -0.1) is 11.3 Å². The van der Waals surface area contributed by atoms with Gasteiger partial charge < -0.3 is 14.2 Å². The molecule has 6 heteroatoms. The van der Waals surface area contributed by atoms with Crippen LogP contribution in [0.4, 0.5) is 0 Å². The molecule has 0 unspecified atom stereocenters. The highest BCUT2D eigenvalue weighted by Gasteiger charge is 2.21. The number of carbonyl (C=O) groups excluding carboxylic acids is 1. The van der Waals surface area contributed by atoms with Crippen molar-refractivity contribution in [3.8, 4) is 11.5 Å². The summed E-state index contributed by atoms with van der Waals surface area (Å²) in [4.78, 5) is 16.0. The summed E-state index contributed by atoms with van der Waals surface area (Å²) < 4.78 is 16.7. The molecule has 0 radical (unpaired) electrons. The van der Waals surface area contributed by atoms with Crippen LogP contribution in [-0.4, -0.2) is 34.0 Å². The number of aliphatic imine (C=N–C) groups is 1. The molecule has 0 bridgehead atoms. The number of nitrogens with zero attached hydrogens (tertiary/aromatic N) is 1. The Labute approximate surface area is 132 Å². The number of ether oxygens (including phenoxy) is 3. The number of rotatable bonds is 5. The summed E-state index contributed by atoms with van der Waals surface area (Å²) >= 11 is 1.31. The summed E-state index contributed by atoms with van der Waals surface area (Å²) in [6.45, 7) is 5.37. The first-order valence-corrected chi connectivity index (χ1v) is 7.29. The molecule has 0 aliphatic heterocycles. The fourth-order valence-electron chi connectivity index (χ4n) is 2.34. The average molecular weight is 319 g/mol. The van der Waals surface area contributed by atoms with E-state index in [0.29, 0.717) is 16.4 Å². The summed E-state index contributed by atoms with van der Waals surface area (Å²) in [6, 6.07) is 1.76. The van der Waals surface area contributed by atoms with Crippen LogP contribution in [-0.2, 0) is 4.74 Å². The maximum Gasteiger partial charge on any atom is 0.348 e. The van der Waals surface area contributed by atoms with Crippen molar-refractivity contribution >= 4 is 40.2 Å². The number of benzene rings is 1. The van der Waals surface area contributed by atoms with Crippen LogP contribution in [0.25, 0.3) is 16.2 Å². The van der Waals surface area contributed by atoms with E-state index in [2.05, 4.69) is 11.7 Å². The van der Waals surface area contributed by atoms with Crippen molar-refractivity contribution in [1.82, 2.24) is 0 Å². The molecule has 1 aromatic carbocycles. The first-order valence-electron chi connectivity index (χ1n) is 6.47. The summed E-state index contributed by atoms with van der Waals surface area (Å²) in [5, 5.41) is 0.825. The van der Waals surface area contributed by atoms with Gasteiger partial charge in [0.1, 0.15) is 16.4 Å². The van der Waals surface area contributed by atoms with Gasteiger partial charge in [0.15, 0.2) is 0 Å². The first kappa shape index (κ1) is 16.0. The van der Waals surface area contributed by atoms with E-state index in [1.54, 1.807) is 32.6 Å². The smallest absolute Gasteiger partial charge is 0.348 e. The lowest BCUT2D eigenvalue weighted by atomic mass is 10.0. The van der Waals surface area contributed by atoms with Crippen LogP contribution in [0.3, 0.4) is 0 Å². The molecule has 0 fully saturated rings. The molecule has 0 atom stereocenters.